The molecular formula is C16H26N2O. The molecule has 1 rings (SSSR count). The van der Waals surface area contributed by atoms with Gasteiger partial charge in [0, 0.05) is 0 Å². The Morgan fingerprint density at radius 2 is 1.63 bits per heavy atom. The number of rotatable bonds is 5. The van der Waals surface area contributed by atoms with Gasteiger partial charge in [-0.1, -0.05) is 46.8 Å². The van der Waals surface area contributed by atoms with E-state index in [1.165, 1.54) is 5.56 Å². The molecule has 0 saturated carbocycles. The van der Waals surface area contributed by atoms with Crippen LogP contribution in [-0.2, 0) is 5.41 Å². The summed E-state index contributed by atoms with van der Waals surface area (Å²) in [5, 5.41) is 7.14. The van der Waals surface area contributed by atoms with E-state index in [9.17, 15) is 0 Å². The molecule has 0 aromatic heterocycles. The van der Waals surface area contributed by atoms with E-state index in [4.69, 9.17) is 15.9 Å². The summed E-state index contributed by atoms with van der Waals surface area (Å²) >= 11 is 0. The first-order valence-corrected chi connectivity index (χ1v) is 6.66. The summed E-state index contributed by atoms with van der Waals surface area (Å²) in [5.74, 6) is 0.794. The third-order valence-corrected chi connectivity index (χ3v) is 3.00. The third kappa shape index (κ3) is 5.33. The number of nitrogens with one attached hydrogen (secondary N) is 1. The van der Waals surface area contributed by atoms with Crippen LogP contribution in [0.4, 0.5) is 0 Å². The zero-order valence-electron chi connectivity index (χ0n) is 12.7. The Kier molecular flexibility index (Phi) is 4.61. The average Bonchev–Trinajstić information content (AvgIpc) is 2.23. The molecule has 0 aliphatic rings. The van der Waals surface area contributed by atoms with E-state index in [0.29, 0.717) is 5.41 Å². The normalized spacial score (nSPS) is 12.3. The molecule has 0 radical (unpaired) electrons. The van der Waals surface area contributed by atoms with Crippen molar-refractivity contribution in [3.05, 3.63) is 29.8 Å². The molecular weight excluding hydrogens is 236 g/mol. The molecule has 0 aliphatic carbocycles. The Bertz CT molecular complexity index is 427. The van der Waals surface area contributed by atoms with Gasteiger partial charge >= 0.3 is 0 Å². The van der Waals surface area contributed by atoms with Crippen molar-refractivity contribution in [3.63, 3.8) is 0 Å². The summed E-state index contributed by atoms with van der Waals surface area (Å²) in [7, 11) is 0. The average molecular weight is 262 g/mol. The molecule has 0 heterocycles. The van der Waals surface area contributed by atoms with Crippen LogP contribution in [0.1, 0.15) is 46.6 Å². The molecule has 3 heteroatoms. The number of amidine groups is 1. The highest BCUT2D eigenvalue weighted by molar-refractivity contribution is 5.78. The third-order valence-electron chi connectivity index (χ3n) is 3.00. The molecule has 3 nitrogen and oxygen atoms in total. The lowest BCUT2D eigenvalue weighted by molar-refractivity contribution is 0.284. The van der Waals surface area contributed by atoms with Gasteiger partial charge in [-0.15, -0.1) is 0 Å². The van der Waals surface area contributed by atoms with E-state index in [1.807, 2.05) is 12.1 Å². The molecule has 1 aromatic carbocycles. The fourth-order valence-electron chi connectivity index (χ4n) is 2.59. The monoisotopic (exact) mass is 262 g/mol. The van der Waals surface area contributed by atoms with Crippen LogP contribution in [0.25, 0.3) is 0 Å². The largest absolute Gasteiger partial charge is 0.486 e. The number of hydrogen-bond acceptors (Lipinski definition) is 2. The zero-order chi connectivity index (χ0) is 14.7. The number of benzene rings is 1. The molecule has 1 aromatic rings. The summed E-state index contributed by atoms with van der Waals surface area (Å²) in [6, 6.07) is 8.09. The highest BCUT2D eigenvalue weighted by Crippen LogP contribution is 2.36. The van der Waals surface area contributed by atoms with Crippen molar-refractivity contribution in [2.75, 3.05) is 6.61 Å². The van der Waals surface area contributed by atoms with Gasteiger partial charge in [0.05, 0.1) is 0 Å². The lowest BCUT2D eigenvalue weighted by atomic mass is 9.72. The van der Waals surface area contributed by atoms with E-state index >= 15 is 0 Å². The first-order chi connectivity index (χ1) is 8.60. The summed E-state index contributed by atoms with van der Waals surface area (Å²) in [6.07, 6.45) is 1.12. The predicted molar refractivity (Wildman–Crippen MR) is 80.9 cm³/mol. The summed E-state index contributed by atoms with van der Waals surface area (Å²) in [4.78, 5) is 0. The molecule has 0 aliphatic heterocycles. The van der Waals surface area contributed by atoms with Crippen LogP contribution in [0, 0.1) is 10.8 Å². The van der Waals surface area contributed by atoms with Crippen molar-refractivity contribution >= 4 is 5.84 Å². The van der Waals surface area contributed by atoms with E-state index < -0.39 is 0 Å². The van der Waals surface area contributed by atoms with Gasteiger partial charge in [0.15, 0.2) is 0 Å². The van der Waals surface area contributed by atoms with Crippen LogP contribution in [0.3, 0.4) is 0 Å². The van der Waals surface area contributed by atoms with Crippen LogP contribution < -0.4 is 10.5 Å². The van der Waals surface area contributed by atoms with Crippen LogP contribution in [-0.4, -0.2) is 12.4 Å². The van der Waals surface area contributed by atoms with Crippen molar-refractivity contribution < 1.29 is 4.74 Å². The molecule has 0 atom stereocenters. The molecule has 19 heavy (non-hydrogen) atoms. The first kappa shape index (κ1) is 15.5. The van der Waals surface area contributed by atoms with Crippen LogP contribution in [0.2, 0.25) is 0 Å². The molecule has 0 amide bonds. The van der Waals surface area contributed by atoms with E-state index in [1.54, 1.807) is 0 Å². The number of nitrogens with two attached hydrogens (primary N) is 1. The van der Waals surface area contributed by atoms with Gasteiger partial charge in [0.1, 0.15) is 18.2 Å². The van der Waals surface area contributed by atoms with E-state index in [-0.39, 0.29) is 17.9 Å². The van der Waals surface area contributed by atoms with Crippen molar-refractivity contribution in [1.82, 2.24) is 0 Å². The minimum absolute atomic E-state index is 0.0390. The molecule has 0 saturated heterocycles. The molecule has 0 unspecified atom stereocenters. The van der Waals surface area contributed by atoms with Crippen molar-refractivity contribution in [2.45, 2.75) is 46.5 Å². The number of ether oxygens (including phenoxy) is 1. The van der Waals surface area contributed by atoms with Crippen LogP contribution >= 0.6 is 0 Å². The quantitative estimate of drug-likeness (QED) is 0.627. The summed E-state index contributed by atoms with van der Waals surface area (Å²) in [5.41, 5.74) is 7.01. The Morgan fingerprint density at radius 1 is 1.11 bits per heavy atom. The van der Waals surface area contributed by atoms with Gasteiger partial charge < -0.3 is 10.5 Å². The van der Waals surface area contributed by atoms with Gasteiger partial charge in [0.2, 0.25) is 0 Å². The smallest absolute Gasteiger partial charge is 0.145 e. The second-order valence-corrected chi connectivity index (χ2v) is 6.96. The minimum atomic E-state index is 0.0390. The Balaban J connectivity index is 2.77. The maximum absolute atomic E-state index is 7.14. The summed E-state index contributed by atoms with van der Waals surface area (Å²) < 4.78 is 5.39. The van der Waals surface area contributed by atoms with Gasteiger partial charge in [-0.05, 0) is 34.9 Å². The molecule has 106 valence electrons. The maximum atomic E-state index is 7.14. The Labute approximate surface area is 116 Å². The first-order valence-electron chi connectivity index (χ1n) is 6.66. The maximum Gasteiger partial charge on any atom is 0.145 e. The highest BCUT2D eigenvalue weighted by atomic mass is 16.5. The minimum Gasteiger partial charge on any atom is -0.486 e. The zero-order valence-corrected chi connectivity index (χ0v) is 12.7. The van der Waals surface area contributed by atoms with Gasteiger partial charge in [0.25, 0.3) is 0 Å². The summed E-state index contributed by atoms with van der Waals surface area (Å²) in [6.45, 7) is 11.5. The fourth-order valence-corrected chi connectivity index (χ4v) is 2.59. The SMILES string of the molecule is CC(C)(C)CC(C)(C)c1ccc(OCC(=N)N)cc1. The van der Waals surface area contributed by atoms with Crippen molar-refractivity contribution in [2.24, 2.45) is 11.1 Å². The van der Waals surface area contributed by atoms with E-state index in [0.717, 1.165) is 12.2 Å². The number of hydrogen-bond donors (Lipinski definition) is 2. The van der Waals surface area contributed by atoms with Crippen molar-refractivity contribution in [3.8, 4) is 5.75 Å². The molecule has 3 N–H and O–H groups in total. The van der Waals surface area contributed by atoms with E-state index in [2.05, 4.69) is 46.8 Å². The lowest BCUT2D eigenvalue weighted by Crippen LogP contribution is -2.24. The molecule has 0 bridgehead atoms. The fraction of sp³-hybridized carbons (Fsp3) is 0.562. The van der Waals surface area contributed by atoms with Crippen molar-refractivity contribution in [1.29, 1.82) is 5.41 Å². The van der Waals surface area contributed by atoms with Gasteiger partial charge in [-0.2, -0.15) is 0 Å². The topological polar surface area (TPSA) is 59.1 Å². The molecule has 0 spiro atoms. The Morgan fingerprint density at radius 3 is 2.05 bits per heavy atom. The van der Waals surface area contributed by atoms with Crippen LogP contribution in [0.15, 0.2) is 24.3 Å². The van der Waals surface area contributed by atoms with Crippen LogP contribution in [0.5, 0.6) is 5.75 Å². The second-order valence-electron chi connectivity index (χ2n) is 6.96. The second kappa shape index (κ2) is 5.64. The Hall–Kier alpha value is -1.51. The standard InChI is InChI=1S/C16H26N2O/c1-15(2,3)11-16(4,5)12-6-8-13(9-7-12)19-10-14(17)18/h6-9H,10-11H2,1-5H3,(H3,17,18). The van der Waals surface area contributed by atoms with Gasteiger partial charge in [-0.25, -0.2) is 0 Å². The highest BCUT2D eigenvalue weighted by Gasteiger charge is 2.27. The van der Waals surface area contributed by atoms with Gasteiger partial charge in [-0.3, -0.25) is 5.41 Å². The molecule has 0 fully saturated rings. The predicted octanol–water partition coefficient (Wildman–Crippen LogP) is 3.72. The lowest BCUT2D eigenvalue weighted by Gasteiger charge is -2.33.